The highest BCUT2D eigenvalue weighted by molar-refractivity contribution is 14.0. The van der Waals surface area contributed by atoms with Gasteiger partial charge in [0.1, 0.15) is 5.01 Å². The van der Waals surface area contributed by atoms with Crippen molar-refractivity contribution in [2.75, 3.05) is 19.6 Å². The van der Waals surface area contributed by atoms with E-state index in [0.29, 0.717) is 31.2 Å². The first-order chi connectivity index (χ1) is 12.1. The van der Waals surface area contributed by atoms with E-state index in [2.05, 4.69) is 41.9 Å². The number of aromatic nitrogens is 1. The fourth-order valence-electron chi connectivity index (χ4n) is 2.05. The Kier molecular flexibility index (Phi) is 10.7. The molecule has 0 unspecified atom stereocenters. The number of hydrogen-bond acceptors (Lipinski definition) is 4. The normalized spacial score (nSPS) is 10.8. The van der Waals surface area contributed by atoms with Gasteiger partial charge in [0.05, 0.1) is 6.54 Å². The number of thiazole rings is 1. The molecule has 6 nitrogen and oxygen atoms in total. The second-order valence-corrected chi connectivity index (χ2v) is 7.49. The summed E-state index contributed by atoms with van der Waals surface area (Å²) in [5, 5.41) is 10.3. The average Bonchev–Trinajstić information content (AvgIpc) is 3.01. The highest BCUT2D eigenvalue weighted by Gasteiger charge is 2.05. The lowest BCUT2D eigenvalue weighted by Gasteiger charge is -2.11. The Morgan fingerprint density at radius 1 is 1.27 bits per heavy atom. The number of nitrogens with zero attached hydrogens (tertiary/aromatic N) is 2. The molecule has 0 fully saturated rings. The van der Waals surface area contributed by atoms with Crippen molar-refractivity contribution in [1.82, 2.24) is 20.9 Å². The van der Waals surface area contributed by atoms with Crippen molar-refractivity contribution in [1.29, 1.82) is 0 Å². The smallest absolute Gasteiger partial charge is 0.251 e. The van der Waals surface area contributed by atoms with E-state index in [-0.39, 0.29) is 29.9 Å². The number of aryl methyl sites for hydroxylation is 1. The van der Waals surface area contributed by atoms with E-state index in [1.165, 1.54) is 4.88 Å². The Morgan fingerprint density at radius 2 is 2.04 bits per heavy atom. The molecule has 0 radical (unpaired) electrons. The van der Waals surface area contributed by atoms with Crippen molar-refractivity contribution in [2.24, 2.45) is 4.99 Å². The molecular formula is C17H23BrIN5OS. The van der Waals surface area contributed by atoms with Crippen LogP contribution in [0.4, 0.5) is 0 Å². The largest absolute Gasteiger partial charge is 0.357 e. The maximum Gasteiger partial charge on any atom is 0.251 e. The molecular weight excluding hydrogens is 529 g/mol. The minimum atomic E-state index is -0.0942. The van der Waals surface area contributed by atoms with Gasteiger partial charge in [0, 0.05) is 40.7 Å². The van der Waals surface area contributed by atoms with Crippen LogP contribution in [0.2, 0.25) is 0 Å². The molecule has 1 aromatic carbocycles. The molecule has 0 bridgehead atoms. The molecule has 0 aliphatic rings. The highest BCUT2D eigenvalue weighted by atomic mass is 127. The van der Waals surface area contributed by atoms with Gasteiger partial charge in [-0.25, -0.2) is 9.98 Å². The lowest BCUT2D eigenvalue weighted by atomic mass is 10.2. The number of hydrogen-bond donors (Lipinski definition) is 3. The zero-order valence-corrected chi connectivity index (χ0v) is 19.4. The van der Waals surface area contributed by atoms with Gasteiger partial charge in [0.25, 0.3) is 5.91 Å². The molecule has 0 atom stereocenters. The van der Waals surface area contributed by atoms with Gasteiger partial charge in [-0.15, -0.1) is 35.3 Å². The third-order valence-corrected chi connectivity index (χ3v) is 4.57. The summed E-state index contributed by atoms with van der Waals surface area (Å²) in [4.78, 5) is 22.1. The Hall–Kier alpha value is -1.20. The van der Waals surface area contributed by atoms with Crippen LogP contribution in [0.25, 0.3) is 0 Å². The topological polar surface area (TPSA) is 78.4 Å². The fourth-order valence-corrected chi connectivity index (χ4v) is 3.16. The number of halogens is 2. The summed E-state index contributed by atoms with van der Waals surface area (Å²) < 4.78 is 0.886. The number of aliphatic imine (C=N–C) groups is 1. The van der Waals surface area contributed by atoms with Crippen molar-refractivity contribution in [3.8, 4) is 0 Å². The highest BCUT2D eigenvalue weighted by Crippen LogP contribution is 2.12. The first kappa shape index (κ1) is 22.8. The van der Waals surface area contributed by atoms with Crippen LogP contribution in [0.5, 0.6) is 0 Å². The van der Waals surface area contributed by atoms with Gasteiger partial charge in [-0.3, -0.25) is 4.79 Å². The van der Waals surface area contributed by atoms with Gasteiger partial charge in [-0.05, 0) is 32.0 Å². The van der Waals surface area contributed by atoms with Gasteiger partial charge < -0.3 is 16.0 Å². The van der Waals surface area contributed by atoms with E-state index >= 15 is 0 Å². The average molecular weight is 552 g/mol. The molecule has 0 aliphatic heterocycles. The summed E-state index contributed by atoms with van der Waals surface area (Å²) >= 11 is 5.01. The number of rotatable bonds is 7. The first-order valence-electron chi connectivity index (χ1n) is 8.05. The van der Waals surface area contributed by atoms with Gasteiger partial charge in [0.15, 0.2) is 5.96 Å². The van der Waals surface area contributed by atoms with Crippen LogP contribution in [-0.4, -0.2) is 36.5 Å². The second kappa shape index (κ2) is 12.2. The lowest BCUT2D eigenvalue weighted by molar-refractivity contribution is 0.0954. The van der Waals surface area contributed by atoms with Crippen LogP contribution in [0.15, 0.2) is 39.9 Å². The third kappa shape index (κ3) is 8.00. The predicted octanol–water partition coefficient (Wildman–Crippen LogP) is 3.32. The van der Waals surface area contributed by atoms with E-state index in [9.17, 15) is 4.79 Å². The summed E-state index contributed by atoms with van der Waals surface area (Å²) in [6, 6.07) is 7.31. The third-order valence-electron chi connectivity index (χ3n) is 3.18. The Bertz CT molecular complexity index is 737. The van der Waals surface area contributed by atoms with Gasteiger partial charge in [-0.1, -0.05) is 22.0 Å². The molecule has 1 heterocycles. The molecule has 1 aromatic heterocycles. The van der Waals surface area contributed by atoms with E-state index in [1.807, 2.05) is 32.2 Å². The first-order valence-corrected chi connectivity index (χ1v) is 9.66. The quantitative estimate of drug-likeness (QED) is 0.213. The van der Waals surface area contributed by atoms with E-state index < -0.39 is 0 Å². The molecule has 9 heteroatoms. The fraction of sp³-hybridized carbons (Fsp3) is 0.353. The SMILES string of the molecule is CCNC(=NCc1ncc(C)s1)NCCNC(=O)c1cccc(Br)c1.I. The zero-order valence-electron chi connectivity index (χ0n) is 14.7. The number of benzene rings is 1. The Morgan fingerprint density at radius 3 is 2.69 bits per heavy atom. The monoisotopic (exact) mass is 551 g/mol. The van der Waals surface area contributed by atoms with Gasteiger partial charge in [-0.2, -0.15) is 0 Å². The van der Waals surface area contributed by atoms with Gasteiger partial charge >= 0.3 is 0 Å². The molecule has 2 aromatic rings. The van der Waals surface area contributed by atoms with Crippen LogP contribution in [0.3, 0.4) is 0 Å². The summed E-state index contributed by atoms with van der Waals surface area (Å²) in [7, 11) is 0. The summed E-state index contributed by atoms with van der Waals surface area (Å²) in [6.45, 7) is 6.45. The van der Waals surface area contributed by atoms with Crippen molar-refractivity contribution in [2.45, 2.75) is 20.4 Å². The predicted molar refractivity (Wildman–Crippen MR) is 122 cm³/mol. The number of carbonyl (C=O) groups is 1. The maximum absolute atomic E-state index is 12.1. The minimum absolute atomic E-state index is 0. The Labute approximate surface area is 183 Å². The molecule has 0 spiro atoms. The lowest BCUT2D eigenvalue weighted by Crippen LogP contribution is -2.41. The van der Waals surface area contributed by atoms with E-state index in [0.717, 1.165) is 16.0 Å². The molecule has 3 N–H and O–H groups in total. The molecule has 0 aliphatic carbocycles. The van der Waals surface area contributed by atoms with E-state index in [1.54, 1.807) is 23.5 Å². The summed E-state index contributed by atoms with van der Waals surface area (Å²) in [5.41, 5.74) is 0.633. The van der Waals surface area contributed by atoms with Crippen LogP contribution in [0.1, 0.15) is 27.2 Å². The van der Waals surface area contributed by atoms with Crippen molar-refractivity contribution in [3.63, 3.8) is 0 Å². The van der Waals surface area contributed by atoms with Crippen LogP contribution >= 0.6 is 51.2 Å². The number of amides is 1. The molecule has 26 heavy (non-hydrogen) atoms. The zero-order chi connectivity index (χ0) is 18.1. The number of guanidine groups is 1. The molecule has 0 saturated carbocycles. The maximum atomic E-state index is 12.1. The van der Waals surface area contributed by atoms with Crippen LogP contribution < -0.4 is 16.0 Å². The van der Waals surface area contributed by atoms with Gasteiger partial charge in [0.2, 0.25) is 0 Å². The minimum Gasteiger partial charge on any atom is -0.357 e. The molecule has 0 saturated heterocycles. The van der Waals surface area contributed by atoms with Crippen molar-refractivity contribution >= 4 is 63.1 Å². The Balaban J connectivity index is 0.00000338. The molecule has 1 amide bonds. The van der Waals surface area contributed by atoms with Crippen LogP contribution in [-0.2, 0) is 6.54 Å². The molecule has 2 rings (SSSR count). The number of nitrogens with one attached hydrogen (secondary N) is 3. The van der Waals surface area contributed by atoms with Crippen molar-refractivity contribution < 1.29 is 4.79 Å². The van der Waals surface area contributed by atoms with E-state index in [4.69, 9.17) is 0 Å². The summed E-state index contributed by atoms with van der Waals surface area (Å²) in [5.74, 6) is 0.621. The van der Waals surface area contributed by atoms with Crippen molar-refractivity contribution in [3.05, 3.63) is 50.4 Å². The number of carbonyl (C=O) groups excluding carboxylic acids is 1. The summed E-state index contributed by atoms with van der Waals surface area (Å²) in [6.07, 6.45) is 1.85. The standard InChI is InChI=1S/C17H22BrN5OS.HI/c1-3-19-17(23-11-15-22-10-12(2)25-15)21-8-7-20-16(24)13-5-4-6-14(18)9-13;/h4-6,9-10H,3,7-8,11H2,1-2H3,(H,20,24)(H2,19,21,23);1H. The van der Waals surface area contributed by atoms with Crippen LogP contribution in [0, 0.1) is 6.92 Å². The molecule has 142 valence electrons. The second-order valence-electron chi connectivity index (χ2n) is 5.25.